The number of likely N-dealkylation sites (tertiary alicyclic amines) is 1. The van der Waals surface area contributed by atoms with E-state index in [2.05, 4.69) is 27.3 Å². The molecule has 2 aliphatic heterocycles. The summed E-state index contributed by atoms with van der Waals surface area (Å²) in [7, 11) is 0. The van der Waals surface area contributed by atoms with Gasteiger partial charge in [-0.15, -0.1) is 0 Å². The molecule has 3 rings (SSSR count). The Labute approximate surface area is 103 Å². The van der Waals surface area contributed by atoms with E-state index in [1.165, 1.54) is 44.5 Å². The van der Waals surface area contributed by atoms with Crippen LogP contribution in [0, 0.1) is 0 Å². The van der Waals surface area contributed by atoms with E-state index in [0.717, 1.165) is 18.6 Å². The lowest BCUT2D eigenvalue weighted by molar-refractivity contribution is 0.204. The molecule has 0 unspecified atom stereocenters. The minimum absolute atomic E-state index is 0.723. The van der Waals surface area contributed by atoms with Gasteiger partial charge < -0.3 is 5.32 Å². The molecule has 92 valence electrons. The topological polar surface area (TPSA) is 28.2 Å². The molecule has 1 aromatic rings. The van der Waals surface area contributed by atoms with E-state index in [1.54, 1.807) is 0 Å². The van der Waals surface area contributed by atoms with E-state index < -0.39 is 0 Å². The third-order valence-electron chi connectivity index (χ3n) is 4.07. The van der Waals surface area contributed by atoms with Gasteiger partial charge in [0.2, 0.25) is 0 Å². The molecule has 2 aliphatic rings. The summed E-state index contributed by atoms with van der Waals surface area (Å²) in [4.78, 5) is 7.06. The highest BCUT2D eigenvalue weighted by molar-refractivity contribution is 5.05. The second-order valence-electron chi connectivity index (χ2n) is 5.20. The molecule has 0 amide bonds. The van der Waals surface area contributed by atoms with Crippen molar-refractivity contribution in [3.05, 3.63) is 30.1 Å². The van der Waals surface area contributed by atoms with Gasteiger partial charge in [0.25, 0.3) is 0 Å². The molecule has 0 bridgehead atoms. The van der Waals surface area contributed by atoms with Gasteiger partial charge in [-0.25, -0.2) is 0 Å². The fourth-order valence-corrected chi connectivity index (χ4v) is 3.24. The van der Waals surface area contributed by atoms with E-state index in [9.17, 15) is 0 Å². The normalized spacial score (nSPS) is 29.9. The van der Waals surface area contributed by atoms with Gasteiger partial charge in [-0.2, -0.15) is 0 Å². The Balaban J connectivity index is 1.65. The number of hydrogen-bond acceptors (Lipinski definition) is 3. The Morgan fingerprint density at radius 3 is 3.06 bits per heavy atom. The summed E-state index contributed by atoms with van der Waals surface area (Å²) in [6, 6.07) is 7.67. The molecule has 2 fully saturated rings. The summed E-state index contributed by atoms with van der Waals surface area (Å²) in [6.07, 6.45) is 7.29. The summed E-state index contributed by atoms with van der Waals surface area (Å²) in [6.45, 7) is 3.46. The van der Waals surface area contributed by atoms with Crippen LogP contribution in [0.25, 0.3) is 0 Å². The van der Waals surface area contributed by atoms with Crippen LogP contribution in [0.4, 0.5) is 0 Å². The molecule has 3 heterocycles. The Hall–Kier alpha value is -0.930. The van der Waals surface area contributed by atoms with E-state index in [4.69, 9.17) is 0 Å². The maximum Gasteiger partial charge on any atom is 0.0544 e. The average Bonchev–Trinajstić information content (AvgIpc) is 3.00. The predicted molar refractivity (Wildman–Crippen MR) is 68.7 cm³/mol. The number of nitrogens with one attached hydrogen (secondary N) is 1. The highest BCUT2D eigenvalue weighted by Gasteiger charge is 2.32. The third-order valence-corrected chi connectivity index (χ3v) is 4.07. The van der Waals surface area contributed by atoms with Crippen molar-refractivity contribution in [2.24, 2.45) is 0 Å². The van der Waals surface area contributed by atoms with Crippen LogP contribution in [-0.2, 0) is 6.54 Å². The zero-order valence-corrected chi connectivity index (χ0v) is 10.3. The molecule has 0 aromatic carbocycles. The Kier molecular flexibility index (Phi) is 3.39. The summed E-state index contributed by atoms with van der Waals surface area (Å²) in [5, 5.41) is 3.65. The van der Waals surface area contributed by atoms with E-state index >= 15 is 0 Å². The first kappa shape index (κ1) is 11.2. The maximum absolute atomic E-state index is 4.44. The van der Waals surface area contributed by atoms with Gasteiger partial charge in [0.05, 0.1) is 5.69 Å². The SMILES string of the molecule is c1ccc(CN2CCC[C@H]2[C@@H]2CCCN2)nc1. The molecule has 3 heteroatoms. The predicted octanol–water partition coefficient (Wildman–Crippen LogP) is 1.80. The molecule has 2 atom stereocenters. The van der Waals surface area contributed by atoms with Crippen molar-refractivity contribution in [1.82, 2.24) is 15.2 Å². The summed E-state index contributed by atoms with van der Waals surface area (Å²) in [5.74, 6) is 0. The highest BCUT2D eigenvalue weighted by atomic mass is 15.2. The Morgan fingerprint density at radius 2 is 2.29 bits per heavy atom. The van der Waals surface area contributed by atoms with Crippen molar-refractivity contribution >= 4 is 0 Å². The van der Waals surface area contributed by atoms with Crippen molar-refractivity contribution in [3.63, 3.8) is 0 Å². The van der Waals surface area contributed by atoms with Gasteiger partial charge in [-0.05, 0) is 50.9 Å². The van der Waals surface area contributed by atoms with Crippen LogP contribution in [0.1, 0.15) is 31.4 Å². The van der Waals surface area contributed by atoms with Crippen LogP contribution >= 0.6 is 0 Å². The van der Waals surface area contributed by atoms with Crippen molar-refractivity contribution in [1.29, 1.82) is 0 Å². The quantitative estimate of drug-likeness (QED) is 0.860. The first-order valence-corrected chi connectivity index (χ1v) is 6.81. The minimum atomic E-state index is 0.723. The summed E-state index contributed by atoms with van der Waals surface area (Å²) >= 11 is 0. The lowest BCUT2D eigenvalue weighted by Gasteiger charge is -2.29. The van der Waals surface area contributed by atoms with Gasteiger partial charge in [0.1, 0.15) is 0 Å². The van der Waals surface area contributed by atoms with E-state index in [0.29, 0.717) is 0 Å². The van der Waals surface area contributed by atoms with Crippen LogP contribution in [-0.4, -0.2) is 35.1 Å². The highest BCUT2D eigenvalue weighted by Crippen LogP contribution is 2.25. The van der Waals surface area contributed by atoms with Gasteiger partial charge in [0.15, 0.2) is 0 Å². The molecule has 0 aliphatic carbocycles. The summed E-state index contributed by atoms with van der Waals surface area (Å²) < 4.78 is 0. The number of aromatic nitrogens is 1. The second-order valence-corrected chi connectivity index (χ2v) is 5.20. The number of rotatable bonds is 3. The second kappa shape index (κ2) is 5.15. The molecule has 0 saturated carbocycles. The van der Waals surface area contributed by atoms with Gasteiger partial charge in [-0.1, -0.05) is 6.07 Å². The average molecular weight is 231 g/mol. The summed E-state index contributed by atoms with van der Waals surface area (Å²) in [5.41, 5.74) is 1.21. The van der Waals surface area contributed by atoms with Crippen molar-refractivity contribution in [3.8, 4) is 0 Å². The van der Waals surface area contributed by atoms with Gasteiger partial charge in [-0.3, -0.25) is 9.88 Å². The monoisotopic (exact) mass is 231 g/mol. The molecule has 1 aromatic heterocycles. The molecule has 0 spiro atoms. The van der Waals surface area contributed by atoms with Crippen molar-refractivity contribution < 1.29 is 0 Å². The van der Waals surface area contributed by atoms with Gasteiger partial charge >= 0.3 is 0 Å². The lowest BCUT2D eigenvalue weighted by Crippen LogP contribution is -2.43. The third kappa shape index (κ3) is 2.50. The van der Waals surface area contributed by atoms with Crippen LogP contribution in [0.15, 0.2) is 24.4 Å². The van der Waals surface area contributed by atoms with Crippen LogP contribution in [0.5, 0.6) is 0 Å². The van der Waals surface area contributed by atoms with Crippen LogP contribution < -0.4 is 5.32 Å². The Bertz CT molecular complexity index is 346. The first-order chi connectivity index (χ1) is 8.43. The molecule has 0 radical (unpaired) electrons. The van der Waals surface area contributed by atoms with Crippen LogP contribution in [0.3, 0.4) is 0 Å². The number of pyridine rings is 1. The standard InChI is InChI=1S/C14H21N3/c1-2-8-15-12(5-1)11-17-10-4-7-14(17)13-6-3-9-16-13/h1-2,5,8,13-14,16H,3-4,6-7,9-11H2/t13-,14-/m0/s1. The zero-order chi connectivity index (χ0) is 11.5. The fraction of sp³-hybridized carbons (Fsp3) is 0.643. The van der Waals surface area contributed by atoms with E-state index in [1.807, 2.05) is 12.3 Å². The smallest absolute Gasteiger partial charge is 0.0544 e. The largest absolute Gasteiger partial charge is 0.312 e. The lowest BCUT2D eigenvalue weighted by atomic mass is 10.0. The molecule has 17 heavy (non-hydrogen) atoms. The van der Waals surface area contributed by atoms with Gasteiger partial charge in [0, 0.05) is 24.8 Å². The fourth-order valence-electron chi connectivity index (χ4n) is 3.24. The minimum Gasteiger partial charge on any atom is -0.312 e. The molecular formula is C14H21N3. The molecule has 2 saturated heterocycles. The molecule has 1 N–H and O–H groups in total. The first-order valence-electron chi connectivity index (χ1n) is 6.81. The Morgan fingerprint density at radius 1 is 1.29 bits per heavy atom. The molecule has 3 nitrogen and oxygen atoms in total. The van der Waals surface area contributed by atoms with Crippen LogP contribution in [0.2, 0.25) is 0 Å². The maximum atomic E-state index is 4.44. The number of hydrogen-bond donors (Lipinski definition) is 1. The van der Waals surface area contributed by atoms with Crippen molar-refractivity contribution in [2.45, 2.75) is 44.3 Å². The van der Waals surface area contributed by atoms with Crippen molar-refractivity contribution in [2.75, 3.05) is 13.1 Å². The number of nitrogens with zero attached hydrogens (tertiary/aromatic N) is 2. The molecular weight excluding hydrogens is 210 g/mol. The van der Waals surface area contributed by atoms with E-state index in [-0.39, 0.29) is 0 Å². The zero-order valence-electron chi connectivity index (χ0n) is 10.3.